The first kappa shape index (κ1) is 17.5. The first-order valence-corrected chi connectivity index (χ1v) is 8.05. The molecular formula is C14H20Br2N2O2. The Morgan fingerprint density at radius 3 is 2.40 bits per heavy atom. The van der Waals surface area contributed by atoms with Gasteiger partial charge < -0.3 is 15.0 Å². The van der Waals surface area contributed by atoms with Gasteiger partial charge in [0, 0.05) is 33.6 Å². The van der Waals surface area contributed by atoms with Crippen molar-refractivity contribution >= 4 is 37.8 Å². The van der Waals surface area contributed by atoms with Gasteiger partial charge in [0.15, 0.2) is 0 Å². The summed E-state index contributed by atoms with van der Waals surface area (Å²) in [7, 11) is 3.53. The molecule has 4 nitrogen and oxygen atoms in total. The number of hydrogen-bond acceptors (Lipinski definition) is 3. The van der Waals surface area contributed by atoms with Crippen molar-refractivity contribution in [1.29, 1.82) is 0 Å². The molecule has 0 radical (unpaired) electrons. The van der Waals surface area contributed by atoms with E-state index in [0.717, 1.165) is 20.3 Å². The van der Waals surface area contributed by atoms with Crippen LogP contribution in [0.15, 0.2) is 21.1 Å². The number of ether oxygens (including phenoxy) is 1. The number of carbonyl (C=O) groups is 1. The van der Waals surface area contributed by atoms with Crippen molar-refractivity contribution in [3.8, 4) is 5.75 Å². The molecular weight excluding hydrogens is 388 g/mol. The SMILES string of the molecule is CCOc1c(Br)cc(CNCCC(=O)N(C)C)cc1Br. The number of amides is 1. The van der Waals surface area contributed by atoms with Crippen molar-refractivity contribution in [1.82, 2.24) is 10.2 Å². The lowest BCUT2D eigenvalue weighted by Gasteiger charge is -2.12. The summed E-state index contributed by atoms with van der Waals surface area (Å²) in [6.07, 6.45) is 0.506. The second-order valence-corrected chi connectivity index (χ2v) is 6.25. The number of nitrogens with zero attached hydrogens (tertiary/aromatic N) is 1. The molecule has 0 aliphatic carbocycles. The highest BCUT2D eigenvalue weighted by Gasteiger charge is 2.09. The largest absolute Gasteiger partial charge is 0.492 e. The molecule has 0 spiro atoms. The maximum Gasteiger partial charge on any atom is 0.223 e. The lowest BCUT2D eigenvalue weighted by molar-refractivity contribution is -0.128. The molecule has 0 aliphatic heterocycles. The summed E-state index contributed by atoms with van der Waals surface area (Å²) in [4.78, 5) is 13.0. The van der Waals surface area contributed by atoms with Gasteiger partial charge in [0.05, 0.1) is 15.6 Å². The van der Waals surface area contributed by atoms with Crippen LogP contribution in [0.1, 0.15) is 18.9 Å². The van der Waals surface area contributed by atoms with Crippen LogP contribution in [0.25, 0.3) is 0 Å². The normalized spacial score (nSPS) is 10.4. The predicted octanol–water partition coefficient (Wildman–Crippen LogP) is 3.18. The maximum absolute atomic E-state index is 11.4. The molecule has 0 saturated carbocycles. The minimum absolute atomic E-state index is 0.131. The number of rotatable bonds is 7. The van der Waals surface area contributed by atoms with Crippen molar-refractivity contribution in [2.45, 2.75) is 19.9 Å². The van der Waals surface area contributed by atoms with Gasteiger partial charge in [-0.15, -0.1) is 0 Å². The van der Waals surface area contributed by atoms with Crippen molar-refractivity contribution in [2.24, 2.45) is 0 Å². The molecule has 0 aromatic heterocycles. The zero-order chi connectivity index (χ0) is 15.1. The second kappa shape index (κ2) is 8.64. The van der Waals surface area contributed by atoms with Gasteiger partial charge in [-0.1, -0.05) is 0 Å². The quantitative estimate of drug-likeness (QED) is 0.705. The molecule has 1 amide bonds. The molecule has 1 N–H and O–H groups in total. The van der Waals surface area contributed by atoms with Crippen LogP contribution >= 0.6 is 31.9 Å². The lowest BCUT2D eigenvalue weighted by Crippen LogP contribution is -2.26. The number of benzene rings is 1. The summed E-state index contributed by atoms with van der Waals surface area (Å²) < 4.78 is 7.39. The first-order chi connectivity index (χ1) is 9.45. The predicted molar refractivity (Wildman–Crippen MR) is 88.0 cm³/mol. The van der Waals surface area contributed by atoms with Gasteiger partial charge in [-0.05, 0) is 56.5 Å². The molecule has 0 saturated heterocycles. The van der Waals surface area contributed by atoms with E-state index in [1.54, 1.807) is 19.0 Å². The number of nitrogens with one attached hydrogen (secondary N) is 1. The highest BCUT2D eigenvalue weighted by Crippen LogP contribution is 2.34. The summed E-state index contributed by atoms with van der Waals surface area (Å²) in [5.74, 6) is 0.950. The van der Waals surface area contributed by atoms with Crippen LogP contribution < -0.4 is 10.1 Å². The van der Waals surface area contributed by atoms with Gasteiger partial charge in [0.2, 0.25) is 5.91 Å². The Morgan fingerprint density at radius 1 is 1.30 bits per heavy atom. The Balaban J connectivity index is 2.51. The average Bonchev–Trinajstić information content (AvgIpc) is 2.38. The van der Waals surface area contributed by atoms with Gasteiger partial charge in [-0.2, -0.15) is 0 Å². The number of hydrogen-bond donors (Lipinski definition) is 1. The fraction of sp³-hybridized carbons (Fsp3) is 0.500. The first-order valence-electron chi connectivity index (χ1n) is 6.47. The Bertz CT molecular complexity index is 441. The number of halogens is 2. The molecule has 0 atom stereocenters. The van der Waals surface area contributed by atoms with Gasteiger partial charge >= 0.3 is 0 Å². The summed E-state index contributed by atoms with van der Waals surface area (Å²) in [5.41, 5.74) is 1.13. The Labute approximate surface area is 137 Å². The van der Waals surface area contributed by atoms with E-state index in [1.807, 2.05) is 19.1 Å². The van der Waals surface area contributed by atoms with Crippen molar-refractivity contribution < 1.29 is 9.53 Å². The van der Waals surface area contributed by atoms with E-state index >= 15 is 0 Å². The summed E-state index contributed by atoms with van der Waals surface area (Å²) in [6, 6.07) is 4.05. The van der Waals surface area contributed by atoms with Crippen molar-refractivity contribution in [2.75, 3.05) is 27.2 Å². The number of carbonyl (C=O) groups excluding carboxylic acids is 1. The maximum atomic E-state index is 11.4. The van der Waals surface area contributed by atoms with E-state index in [9.17, 15) is 4.79 Å². The zero-order valence-electron chi connectivity index (χ0n) is 12.0. The van der Waals surface area contributed by atoms with E-state index in [4.69, 9.17) is 4.74 Å². The van der Waals surface area contributed by atoms with E-state index < -0.39 is 0 Å². The third-order valence-electron chi connectivity index (χ3n) is 2.69. The topological polar surface area (TPSA) is 41.6 Å². The molecule has 0 bridgehead atoms. The van der Waals surface area contributed by atoms with Crippen LogP contribution in [0.3, 0.4) is 0 Å². The fourth-order valence-electron chi connectivity index (χ4n) is 1.65. The Hall–Kier alpha value is -0.590. The summed E-state index contributed by atoms with van der Waals surface area (Å²) in [5, 5.41) is 3.26. The van der Waals surface area contributed by atoms with Crippen molar-refractivity contribution in [3.63, 3.8) is 0 Å². The van der Waals surface area contributed by atoms with E-state index in [1.165, 1.54) is 0 Å². The van der Waals surface area contributed by atoms with Crippen LogP contribution in [0.2, 0.25) is 0 Å². The molecule has 6 heteroatoms. The van der Waals surface area contributed by atoms with Crippen molar-refractivity contribution in [3.05, 3.63) is 26.6 Å². The third kappa shape index (κ3) is 5.42. The van der Waals surface area contributed by atoms with E-state index in [0.29, 0.717) is 26.1 Å². The van der Waals surface area contributed by atoms with Crippen LogP contribution in [0.4, 0.5) is 0 Å². The highest BCUT2D eigenvalue weighted by molar-refractivity contribution is 9.11. The zero-order valence-corrected chi connectivity index (χ0v) is 15.2. The highest BCUT2D eigenvalue weighted by atomic mass is 79.9. The van der Waals surface area contributed by atoms with Gasteiger partial charge in [0.25, 0.3) is 0 Å². The van der Waals surface area contributed by atoms with E-state index in [2.05, 4.69) is 37.2 Å². The minimum atomic E-state index is 0.131. The minimum Gasteiger partial charge on any atom is -0.492 e. The van der Waals surface area contributed by atoms with Gasteiger partial charge in [-0.3, -0.25) is 4.79 Å². The average molecular weight is 408 g/mol. The van der Waals surface area contributed by atoms with Gasteiger partial charge in [0.1, 0.15) is 5.75 Å². The fourth-order valence-corrected chi connectivity index (χ4v) is 3.16. The van der Waals surface area contributed by atoms with Gasteiger partial charge in [-0.25, -0.2) is 0 Å². The molecule has 0 heterocycles. The molecule has 1 rings (SSSR count). The van der Waals surface area contributed by atoms with E-state index in [-0.39, 0.29) is 5.91 Å². The Kier molecular flexibility index (Phi) is 7.55. The standard InChI is InChI=1S/C14H20Br2N2O2/c1-4-20-14-11(15)7-10(8-12(14)16)9-17-6-5-13(19)18(2)3/h7-8,17H,4-6,9H2,1-3H3. The molecule has 1 aromatic rings. The van der Waals surface area contributed by atoms with Crippen LogP contribution in [0, 0.1) is 0 Å². The Morgan fingerprint density at radius 2 is 1.90 bits per heavy atom. The third-order valence-corrected chi connectivity index (χ3v) is 3.87. The molecule has 0 fully saturated rings. The molecule has 112 valence electrons. The molecule has 0 unspecified atom stereocenters. The monoisotopic (exact) mass is 406 g/mol. The lowest BCUT2D eigenvalue weighted by atomic mass is 10.2. The molecule has 1 aromatic carbocycles. The smallest absolute Gasteiger partial charge is 0.223 e. The van der Waals surface area contributed by atoms with Crippen LogP contribution in [0.5, 0.6) is 5.75 Å². The van der Waals surface area contributed by atoms with Crippen LogP contribution in [-0.2, 0) is 11.3 Å². The summed E-state index contributed by atoms with van der Waals surface area (Å²) in [6.45, 7) is 3.96. The second-order valence-electron chi connectivity index (χ2n) is 4.54. The summed E-state index contributed by atoms with van der Waals surface area (Å²) >= 11 is 7.01. The molecule has 20 heavy (non-hydrogen) atoms. The molecule has 0 aliphatic rings. The van der Waals surface area contributed by atoms with Crippen LogP contribution in [-0.4, -0.2) is 38.1 Å².